The first-order valence-electron chi connectivity index (χ1n) is 11.1. The topological polar surface area (TPSA) is 75.6 Å². The third kappa shape index (κ3) is 3.68. The third-order valence-corrected chi connectivity index (χ3v) is 6.12. The summed E-state index contributed by atoms with van der Waals surface area (Å²) in [6.07, 6.45) is 3.74. The van der Waals surface area contributed by atoms with Gasteiger partial charge in [-0.15, -0.1) is 0 Å². The van der Waals surface area contributed by atoms with Gasteiger partial charge in [0.1, 0.15) is 11.6 Å². The van der Waals surface area contributed by atoms with Gasteiger partial charge in [0.2, 0.25) is 0 Å². The number of rotatable bonds is 5. The Morgan fingerprint density at radius 3 is 2.59 bits per heavy atom. The second-order valence-electron chi connectivity index (χ2n) is 8.70. The zero-order valence-electron chi connectivity index (χ0n) is 18.2. The number of amides is 1. The van der Waals surface area contributed by atoms with Crippen molar-refractivity contribution in [1.29, 1.82) is 0 Å². The summed E-state index contributed by atoms with van der Waals surface area (Å²) in [6.45, 7) is 4.12. The largest absolute Gasteiger partial charge is 0.340 e. The monoisotopic (exact) mass is 431 g/mol. The molecule has 2 heterocycles. The van der Waals surface area contributed by atoms with Gasteiger partial charge in [-0.1, -0.05) is 26.0 Å². The quantitative estimate of drug-likeness (QED) is 0.472. The first-order chi connectivity index (χ1) is 15.5. The molecule has 0 fully saturated rings. The number of hydrogen-bond donors (Lipinski definition) is 2. The minimum atomic E-state index is -0.293. The van der Waals surface area contributed by atoms with Gasteiger partial charge in [-0.05, 0) is 68.0 Å². The molecular weight excluding hydrogens is 405 g/mol. The number of imidazole rings is 1. The summed E-state index contributed by atoms with van der Waals surface area (Å²) in [4.78, 5) is 21.5. The van der Waals surface area contributed by atoms with Gasteiger partial charge in [-0.25, -0.2) is 14.1 Å². The highest BCUT2D eigenvalue weighted by molar-refractivity contribution is 5.94. The predicted molar refractivity (Wildman–Crippen MR) is 121 cm³/mol. The lowest BCUT2D eigenvalue weighted by molar-refractivity contribution is 0.0917. The summed E-state index contributed by atoms with van der Waals surface area (Å²) < 4.78 is 15.2. The molecule has 2 N–H and O–H groups in total. The van der Waals surface area contributed by atoms with Gasteiger partial charge in [0.05, 0.1) is 22.8 Å². The Morgan fingerprint density at radius 2 is 1.84 bits per heavy atom. The van der Waals surface area contributed by atoms with Crippen LogP contribution >= 0.6 is 0 Å². The van der Waals surface area contributed by atoms with Gasteiger partial charge in [0, 0.05) is 11.3 Å². The van der Waals surface area contributed by atoms with Gasteiger partial charge in [0.25, 0.3) is 5.91 Å². The minimum absolute atomic E-state index is 0.134. The van der Waals surface area contributed by atoms with Crippen LogP contribution < -0.4 is 5.32 Å². The van der Waals surface area contributed by atoms with Crippen molar-refractivity contribution in [2.45, 2.75) is 45.6 Å². The van der Waals surface area contributed by atoms with Crippen LogP contribution in [0.15, 0.2) is 48.5 Å². The summed E-state index contributed by atoms with van der Waals surface area (Å²) in [7, 11) is 0. The van der Waals surface area contributed by atoms with Crippen LogP contribution in [0.5, 0.6) is 0 Å². The number of carbonyl (C=O) groups excluding carboxylic acids is 1. The Bertz CT molecular complexity index is 1240. The lowest BCUT2D eigenvalue weighted by Crippen LogP contribution is -2.33. The second kappa shape index (κ2) is 8.22. The van der Waals surface area contributed by atoms with Crippen molar-refractivity contribution < 1.29 is 9.18 Å². The Morgan fingerprint density at radius 1 is 1.09 bits per heavy atom. The maximum absolute atomic E-state index is 13.4. The number of benzene rings is 2. The molecule has 5 rings (SSSR count). The third-order valence-electron chi connectivity index (χ3n) is 6.12. The lowest BCUT2D eigenvalue weighted by Gasteiger charge is -2.20. The first-order valence-corrected chi connectivity index (χ1v) is 11.1. The van der Waals surface area contributed by atoms with Crippen molar-refractivity contribution in [3.63, 3.8) is 0 Å². The number of H-pyrrole nitrogens is 1. The molecule has 1 unspecified atom stereocenters. The van der Waals surface area contributed by atoms with Crippen LogP contribution in [-0.4, -0.2) is 25.7 Å². The Kier molecular flexibility index (Phi) is 5.25. The summed E-state index contributed by atoms with van der Waals surface area (Å²) in [5.41, 5.74) is 5.07. The van der Waals surface area contributed by atoms with E-state index in [0.29, 0.717) is 5.69 Å². The highest BCUT2D eigenvalue weighted by atomic mass is 19.1. The average molecular weight is 432 g/mol. The SMILES string of the molecule is CC(C)C(NC(=O)c1nn(-c2ccc(F)cc2)c2c1CCCC2)c1nc2ccccc2[nH]1. The Labute approximate surface area is 185 Å². The molecule has 0 aliphatic heterocycles. The van der Waals surface area contributed by atoms with Gasteiger partial charge in [0.15, 0.2) is 5.69 Å². The van der Waals surface area contributed by atoms with Crippen molar-refractivity contribution >= 4 is 16.9 Å². The zero-order valence-corrected chi connectivity index (χ0v) is 18.2. The number of aromatic nitrogens is 4. The summed E-state index contributed by atoms with van der Waals surface area (Å²) in [6, 6.07) is 13.8. The van der Waals surface area contributed by atoms with Gasteiger partial charge >= 0.3 is 0 Å². The van der Waals surface area contributed by atoms with Crippen LogP contribution in [0.2, 0.25) is 0 Å². The van der Waals surface area contributed by atoms with E-state index in [1.165, 1.54) is 12.1 Å². The molecule has 1 atom stereocenters. The number of para-hydroxylation sites is 2. The van der Waals surface area contributed by atoms with Gasteiger partial charge < -0.3 is 10.3 Å². The van der Waals surface area contributed by atoms with Gasteiger partial charge in [-0.2, -0.15) is 5.10 Å². The molecule has 4 aromatic rings. The Balaban J connectivity index is 1.49. The smallest absolute Gasteiger partial charge is 0.272 e. The molecule has 0 saturated heterocycles. The molecule has 0 saturated carbocycles. The molecule has 32 heavy (non-hydrogen) atoms. The number of fused-ring (bicyclic) bond motifs is 2. The number of carbonyl (C=O) groups is 1. The van der Waals surface area contributed by atoms with Crippen LogP contribution in [0, 0.1) is 11.7 Å². The van der Waals surface area contributed by atoms with Crippen molar-refractivity contribution in [2.24, 2.45) is 5.92 Å². The van der Waals surface area contributed by atoms with Crippen LogP contribution in [0.3, 0.4) is 0 Å². The summed E-state index contributed by atoms with van der Waals surface area (Å²) >= 11 is 0. The lowest BCUT2D eigenvalue weighted by atomic mass is 9.95. The van der Waals surface area contributed by atoms with Crippen LogP contribution in [0.1, 0.15) is 60.3 Å². The molecule has 2 aromatic carbocycles. The fourth-order valence-corrected chi connectivity index (χ4v) is 4.46. The highest BCUT2D eigenvalue weighted by Gasteiger charge is 2.29. The number of hydrogen-bond acceptors (Lipinski definition) is 3. The minimum Gasteiger partial charge on any atom is -0.340 e. The van der Waals surface area contributed by atoms with E-state index in [1.807, 2.05) is 24.3 Å². The van der Waals surface area contributed by atoms with E-state index in [-0.39, 0.29) is 23.7 Å². The van der Waals surface area contributed by atoms with E-state index in [9.17, 15) is 9.18 Å². The van der Waals surface area contributed by atoms with Crippen molar-refractivity contribution in [3.05, 3.63) is 77.1 Å². The van der Waals surface area contributed by atoms with E-state index in [2.05, 4.69) is 24.1 Å². The van der Waals surface area contributed by atoms with Crippen LogP contribution in [-0.2, 0) is 12.8 Å². The van der Waals surface area contributed by atoms with Gasteiger partial charge in [-0.3, -0.25) is 4.79 Å². The van der Waals surface area contributed by atoms with Crippen LogP contribution in [0.25, 0.3) is 16.7 Å². The highest BCUT2D eigenvalue weighted by Crippen LogP contribution is 2.28. The maximum atomic E-state index is 13.4. The van der Waals surface area contributed by atoms with E-state index in [0.717, 1.165) is 59.5 Å². The zero-order chi connectivity index (χ0) is 22.2. The Hall–Kier alpha value is -3.48. The van der Waals surface area contributed by atoms with E-state index in [1.54, 1.807) is 16.8 Å². The summed E-state index contributed by atoms with van der Waals surface area (Å²) in [5.74, 6) is 0.373. The molecule has 7 heteroatoms. The van der Waals surface area contributed by atoms with E-state index < -0.39 is 0 Å². The number of nitrogens with zero attached hydrogens (tertiary/aromatic N) is 3. The predicted octanol–water partition coefficient (Wildman–Crippen LogP) is 4.89. The number of aromatic amines is 1. The molecular formula is C25H26FN5O. The van der Waals surface area contributed by atoms with E-state index in [4.69, 9.17) is 10.1 Å². The molecule has 0 bridgehead atoms. The molecule has 1 aliphatic rings. The second-order valence-corrected chi connectivity index (χ2v) is 8.70. The maximum Gasteiger partial charge on any atom is 0.272 e. The molecule has 2 aromatic heterocycles. The number of nitrogens with one attached hydrogen (secondary N) is 2. The fraction of sp³-hybridized carbons (Fsp3) is 0.320. The molecule has 1 amide bonds. The van der Waals surface area contributed by atoms with Crippen LogP contribution in [0.4, 0.5) is 4.39 Å². The standard InChI is InChI=1S/C25H26FN5O/c1-15(2)22(24-27-19-8-4-5-9-20(19)28-24)29-25(32)23-18-7-3-6-10-21(18)31(30-23)17-13-11-16(26)12-14-17/h4-5,8-9,11-15,22H,3,6-7,10H2,1-2H3,(H,27,28)(H,29,32). The summed E-state index contributed by atoms with van der Waals surface area (Å²) in [5, 5.41) is 7.86. The average Bonchev–Trinajstić information content (AvgIpc) is 3.39. The molecule has 0 radical (unpaired) electrons. The normalized spacial score (nSPS) is 14.5. The first kappa shape index (κ1) is 20.4. The molecule has 1 aliphatic carbocycles. The fourth-order valence-electron chi connectivity index (χ4n) is 4.46. The van der Waals surface area contributed by atoms with E-state index >= 15 is 0 Å². The van der Waals surface area contributed by atoms with Crippen molar-refractivity contribution in [3.8, 4) is 5.69 Å². The van der Waals surface area contributed by atoms with Crippen molar-refractivity contribution in [2.75, 3.05) is 0 Å². The van der Waals surface area contributed by atoms with Crippen molar-refractivity contribution in [1.82, 2.24) is 25.1 Å². The molecule has 164 valence electrons. The number of halogens is 1. The molecule has 0 spiro atoms. The molecule has 6 nitrogen and oxygen atoms in total.